The summed E-state index contributed by atoms with van der Waals surface area (Å²) in [7, 11) is 0. The Morgan fingerprint density at radius 1 is 1.40 bits per heavy atom. The van der Waals surface area contributed by atoms with Crippen LogP contribution in [0.15, 0.2) is 6.07 Å². The maximum Gasteiger partial charge on any atom is 0.127 e. The SMILES string of the molecule is Cc1c(F)cc(Cl)c2c1[C@H](O)CCC2C. The number of aliphatic hydroxyl groups is 1. The molecular weight excluding hydrogens is 215 g/mol. The number of halogens is 2. The van der Waals surface area contributed by atoms with Gasteiger partial charge in [0.2, 0.25) is 0 Å². The molecule has 3 heteroatoms. The summed E-state index contributed by atoms with van der Waals surface area (Å²) in [6.45, 7) is 3.76. The molecule has 0 saturated heterocycles. The van der Waals surface area contributed by atoms with Crippen LogP contribution in [0, 0.1) is 12.7 Å². The Bertz CT molecular complexity index is 403. The van der Waals surface area contributed by atoms with Gasteiger partial charge >= 0.3 is 0 Å². The van der Waals surface area contributed by atoms with Gasteiger partial charge < -0.3 is 5.11 Å². The smallest absolute Gasteiger partial charge is 0.127 e. The van der Waals surface area contributed by atoms with E-state index in [4.69, 9.17) is 11.6 Å². The van der Waals surface area contributed by atoms with Gasteiger partial charge in [-0.25, -0.2) is 4.39 Å². The average Bonchev–Trinajstić information content (AvgIpc) is 2.18. The van der Waals surface area contributed by atoms with Crippen molar-refractivity contribution in [2.24, 2.45) is 0 Å². The Morgan fingerprint density at radius 3 is 2.73 bits per heavy atom. The van der Waals surface area contributed by atoms with E-state index < -0.39 is 6.10 Å². The van der Waals surface area contributed by atoms with Crippen LogP contribution < -0.4 is 0 Å². The van der Waals surface area contributed by atoms with Gasteiger partial charge in [0.1, 0.15) is 5.82 Å². The molecule has 0 fully saturated rings. The molecule has 1 unspecified atom stereocenters. The van der Waals surface area contributed by atoms with E-state index in [9.17, 15) is 9.50 Å². The maximum absolute atomic E-state index is 13.5. The van der Waals surface area contributed by atoms with E-state index in [1.807, 2.05) is 0 Å². The molecule has 1 aliphatic carbocycles. The molecule has 0 amide bonds. The first kappa shape index (κ1) is 10.9. The van der Waals surface area contributed by atoms with Crippen molar-refractivity contribution < 1.29 is 9.50 Å². The van der Waals surface area contributed by atoms with Crippen molar-refractivity contribution in [2.45, 2.75) is 38.7 Å². The topological polar surface area (TPSA) is 20.2 Å². The second-order valence-corrected chi connectivity index (χ2v) is 4.69. The molecule has 1 aromatic carbocycles. The van der Waals surface area contributed by atoms with Crippen LogP contribution in [0.2, 0.25) is 5.02 Å². The van der Waals surface area contributed by atoms with Gasteiger partial charge in [-0.1, -0.05) is 18.5 Å². The first-order valence-electron chi connectivity index (χ1n) is 5.18. The highest BCUT2D eigenvalue weighted by Gasteiger charge is 2.28. The zero-order valence-corrected chi connectivity index (χ0v) is 9.61. The number of fused-ring (bicyclic) bond motifs is 1. The second-order valence-electron chi connectivity index (χ2n) is 4.29. The molecule has 0 aliphatic heterocycles. The van der Waals surface area contributed by atoms with Crippen molar-refractivity contribution in [3.63, 3.8) is 0 Å². The Kier molecular flexibility index (Phi) is 2.73. The molecule has 0 saturated carbocycles. The number of rotatable bonds is 0. The van der Waals surface area contributed by atoms with E-state index in [0.29, 0.717) is 28.5 Å². The van der Waals surface area contributed by atoms with Gasteiger partial charge in [0.15, 0.2) is 0 Å². The van der Waals surface area contributed by atoms with Gasteiger partial charge in [0.05, 0.1) is 6.10 Å². The second kappa shape index (κ2) is 3.76. The van der Waals surface area contributed by atoms with Crippen molar-refractivity contribution in [2.75, 3.05) is 0 Å². The maximum atomic E-state index is 13.5. The molecule has 82 valence electrons. The predicted octanol–water partition coefficient (Wildman–Crippen LogP) is 3.72. The van der Waals surface area contributed by atoms with E-state index in [0.717, 1.165) is 12.0 Å². The third-order valence-corrected chi connectivity index (χ3v) is 3.58. The van der Waals surface area contributed by atoms with E-state index in [2.05, 4.69) is 6.92 Å². The zero-order chi connectivity index (χ0) is 11.2. The molecule has 15 heavy (non-hydrogen) atoms. The summed E-state index contributed by atoms with van der Waals surface area (Å²) in [5, 5.41) is 10.3. The highest BCUT2D eigenvalue weighted by molar-refractivity contribution is 6.31. The van der Waals surface area contributed by atoms with Gasteiger partial charge in [-0.15, -0.1) is 0 Å². The first-order valence-corrected chi connectivity index (χ1v) is 5.56. The van der Waals surface area contributed by atoms with Crippen molar-refractivity contribution in [3.05, 3.63) is 33.6 Å². The summed E-state index contributed by atoms with van der Waals surface area (Å²) in [5.74, 6) is -0.0258. The number of aliphatic hydroxyl groups excluding tert-OH is 1. The third kappa shape index (κ3) is 1.66. The largest absolute Gasteiger partial charge is 0.388 e. The standard InChI is InChI=1S/C12H14ClFO/c1-6-3-4-10(15)12-7(2)9(14)5-8(13)11(6)12/h5-6,10,15H,3-4H2,1-2H3/t6?,10-/m1/s1. The lowest BCUT2D eigenvalue weighted by Crippen LogP contribution is -2.15. The molecule has 0 heterocycles. The van der Waals surface area contributed by atoms with Crippen LogP contribution in [-0.4, -0.2) is 5.11 Å². The van der Waals surface area contributed by atoms with E-state index >= 15 is 0 Å². The molecule has 1 aliphatic rings. The van der Waals surface area contributed by atoms with Crippen LogP contribution >= 0.6 is 11.6 Å². The Balaban J connectivity index is 2.71. The quantitative estimate of drug-likeness (QED) is 0.718. The van der Waals surface area contributed by atoms with Crippen molar-refractivity contribution >= 4 is 11.6 Å². The average molecular weight is 229 g/mol. The monoisotopic (exact) mass is 228 g/mol. The lowest BCUT2D eigenvalue weighted by Gasteiger charge is -2.29. The predicted molar refractivity (Wildman–Crippen MR) is 58.8 cm³/mol. The van der Waals surface area contributed by atoms with Crippen molar-refractivity contribution in [1.82, 2.24) is 0 Å². The molecular formula is C12H14ClFO. The van der Waals surface area contributed by atoms with Gasteiger partial charge in [0, 0.05) is 5.02 Å². The highest BCUT2D eigenvalue weighted by Crippen LogP contribution is 2.43. The molecule has 2 atom stereocenters. The fourth-order valence-corrected chi connectivity index (χ4v) is 2.77. The van der Waals surface area contributed by atoms with Crippen LogP contribution in [0.25, 0.3) is 0 Å². The molecule has 2 rings (SSSR count). The first-order chi connectivity index (χ1) is 7.02. The molecule has 0 radical (unpaired) electrons. The Labute approximate surface area is 93.9 Å². The minimum Gasteiger partial charge on any atom is -0.388 e. The van der Waals surface area contributed by atoms with Gasteiger partial charge in [-0.3, -0.25) is 0 Å². The summed E-state index contributed by atoms with van der Waals surface area (Å²) >= 11 is 6.03. The van der Waals surface area contributed by atoms with Crippen LogP contribution in [0.5, 0.6) is 0 Å². The fraction of sp³-hybridized carbons (Fsp3) is 0.500. The number of hydrogen-bond acceptors (Lipinski definition) is 1. The van der Waals surface area contributed by atoms with Gasteiger partial charge in [0.25, 0.3) is 0 Å². The van der Waals surface area contributed by atoms with Crippen molar-refractivity contribution in [1.29, 1.82) is 0 Å². The van der Waals surface area contributed by atoms with E-state index in [1.165, 1.54) is 6.07 Å². The van der Waals surface area contributed by atoms with Crippen LogP contribution in [0.4, 0.5) is 4.39 Å². The van der Waals surface area contributed by atoms with Gasteiger partial charge in [-0.2, -0.15) is 0 Å². The lowest BCUT2D eigenvalue weighted by molar-refractivity contribution is 0.150. The normalized spacial score (nSPS) is 25.1. The number of benzene rings is 1. The Hall–Kier alpha value is -0.600. The summed E-state index contributed by atoms with van der Waals surface area (Å²) < 4.78 is 13.5. The fourth-order valence-electron chi connectivity index (χ4n) is 2.38. The highest BCUT2D eigenvalue weighted by atomic mass is 35.5. The molecule has 1 nitrogen and oxygen atoms in total. The van der Waals surface area contributed by atoms with Crippen LogP contribution in [0.1, 0.15) is 48.5 Å². The van der Waals surface area contributed by atoms with E-state index in [-0.39, 0.29) is 5.82 Å². The zero-order valence-electron chi connectivity index (χ0n) is 8.85. The summed E-state index contributed by atoms with van der Waals surface area (Å²) in [5.41, 5.74) is 2.17. The molecule has 1 aromatic rings. The molecule has 0 bridgehead atoms. The summed E-state index contributed by atoms with van der Waals surface area (Å²) in [6.07, 6.45) is 1.03. The number of hydrogen-bond donors (Lipinski definition) is 1. The van der Waals surface area contributed by atoms with E-state index in [1.54, 1.807) is 6.92 Å². The molecule has 0 spiro atoms. The van der Waals surface area contributed by atoms with Crippen molar-refractivity contribution in [3.8, 4) is 0 Å². The molecule has 1 N–H and O–H groups in total. The molecule has 0 aromatic heterocycles. The lowest BCUT2D eigenvalue weighted by atomic mass is 9.80. The third-order valence-electron chi connectivity index (χ3n) is 3.26. The van der Waals surface area contributed by atoms with Crippen LogP contribution in [-0.2, 0) is 0 Å². The minimum absolute atomic E-state index is 0.301. The summed E-state index contributed by atoms with van der Waals surface area (Å²) in [4.78, 5) is 0. The Morgan fingerprint density at radius 2 is 2.07 bits per heavy atom. The van der Waals surface area contributed by atoms with Crippen LogP contribution in [0.3, 0.4) is 0 Å². The summed E-state index contributed by atoms with van der Waals surface area (Å²) in [6, 6.07) is 1.35. The van der Waals surface area contributed by atoms with Gasteiger partial charge in [-0.05, 0) is 48.4 Å². The minimum atomic E-state index is -0.565.